The van der Waals surface area contributed by atoms with E-state index in [1.54, 1.807) is 0 Å². The average Bonchev–Trinajstić information content (AvgIpc) is 3.46. The lowest BCUT2D eigenvalue weighted by Crippen LogP contribution is -2.43. The highest BCUT2D eigenvalue weighted by Crippen LogP contribution is 2.43. The second-order valence-corrected chi connectivity index (χ2v) is 12.8. The quantitative estimate of drug-likeness (QED) is 0.0883. The Bertz CT molecular complexity index is 1020. The summed E-state index contributed by atoms with van der Waals surface area (Å²) in [4.78, 5) is 3.77. The van der Waals surface area contributed by atoms with Gasteiger partial charge in [0.25, 0.3) is 5.82 Å². The molecule has 2 atom stereocenters. The molecule has 0 radical (unpaired) electrons. The van der Waals surface area contributed by atoms with E-state index >= 15 is 0 Å². The van der Waals surface area contributed by atoms with Crippen LogP contribution in [0.25, 0.3) is 0 Å². The number of hydrogen-bond acceptors (Lipinski definition) is 0. The predicted molar refractivity (Wildman–Crippen MR) is 178 cm³/mol. The summed E-state index contributed by atoms with van der Waals surface area (Å²) in [6.07, 6.45) is 28.7. The molecule has 2 unspecified atom stereocenters. The van der Waals surface area contributed by atoms with Crippen LogP contribution in [0.2, 0.25) is 0 Å². The van der Waals surface area contributed by atoms with Crippen LogP contribution < -0.4 is 4.57 Å². The molecule has 0 bridgehead atoms. The Kier molecular flexibility index (Phi) is 15.9. The SMILES string of the molecule is CCCCCCCCCCCCCC(c1[nH]cc[n+]1CCCCCCC)C(C)(Cc1ccccc1)c1ccccc1. The molecular weight excluding hydrogens is 496 g/mol. The van der Waals surface area contributed by atoms with Crippen LogP contribution in [0.5, 0.6) is 0 Å². The van der Waals surface area contributed by atoms with Gasteiger partial charge in [0.15, 0.2) is 0 Å². The Morgan fingerprint density at radius 3 is 1.73 bits per heavy atom. The second-order valence-electron chi connectivity index (χ2n) is 12.8. The van der Waals surface area contributed by atoms with Crippen LogP contribution >= 0.6 is 0 Å². The second kappa shape index (κ2) is 19.7. The number of aromatic nitrogens is 2. The van der Waals surface area contributed by atoms with Gasteiger partial charge in [-0.2, -0.15) is 0 Å². The normalized spacial score (nSPS) is 13.7. The lowest BCUT2D eigenvalue weighted by molar-refractivity contribution is -0.705. The third-order valence-corrected chi connectivity index (χ3v) is 9.34. The molecule has 0 aliphatic rings. The predicted octanol–water partition coefficient (Wildman–Crippen LogP) is 11.3. The lowest BCUT2D eigenvalue weighted by atomic mass is 9.66. The fraction of sp³-hybridized carbons (Fsp3) is 0.615. The molecule has 1 N–H and O–H groups in total. The first-order chi connectivity index (χ1) is 20.2. The van der Waals surface area contributed by atoms with E-state index in [-0.39, 0.29) is 5.41 Å². The number of H-pyrrole nitrogens is 1. The average molecular weight is 558 g/mol. The number of imidazole rings is 1. The summed E-state index contributed by atoms with van der Waals surface area (Å²) in [6, 6.07) is 22.5. The van der Waals surface area contributed by atoms with Crippen LogP contribution in [0.1, 0.15) is 153 Å². The maximum atomic E-state index is 3.77. The molecule has 2 aromatic carbocycles. The van der Waals surface area contributed by atoms with Gasteiger partial charge < -0.3 is 0 Å². The van der Waals surface area contributed by atoms with Crippen molar-refractivity contribution in [3.63, 3.8) is 0 Å². The van der Waals surface area contributed by atoms with Crippen molar-refractivity contribution >= 4 is 0 Å². The van der Waals surface area contributed by atoms with Crippen molar-refractivity contribution in [1.82, 2.24) is 4.98 Å². The smallest absolute Gasteiger partial charge is 0.247 e. The molecule has 0 saturated carbocycles. The molecule has 0 aliphatic carbocycles. The van der Waals surface area contributed by atoms with Crippen molar-refractivity contribution < 1.29 is 4.57 Å². The van der Waals surface area contributed by atoms with E-state index in [1.165, 1.54) is 126 Å². The molecule has 3 rings (SSSR count). The van der Waals surface area contributed by atoms with Gasteiger partial charge in [-0.15, -0.1) is 0 Å². The van der Waals surface area contributed by atoms with Crippen molar-refractivity contribution in [3.8, 4) is 0 Å². The maximum absolute atomic E-state index is 3.77. The maximum Gasteiger partial charge on any atom is 0.258 e. The standard InChI is InChI=1S/C39H60N2/c1-4-6-8-10-11-12-13-14-15-16-24-30-37(38-40-31-33-41(38)32-25-17-9-7-5-2)39(3,36-28-22-19-23-29-36)34-35-26-20-18-21-27-35/h18-23,26-29,31,33,37H,4-17,24-25,30,32,34H2,1-3H3/p+1. The minimum atomic E-state index is 0.00984. The monoisotopic (exact) mass is 557 g/mol. The first-order valence-corrected chi connectivity index (χ1v) is 17.3. The van der Waals surface area contributed by atoms with Gasteiger partial charge in [0.1, 0.15) is 12.4 Å². The van der Waals surface area contributed by atoms with Gasteiger partial charge in [-0.3, -0.25) is 0 Å². The molecule has 3 aromatic rings. The van der Waals surface area contributed by atoms with E-state index in [0.717, 1.165) is 13.0 Å². The zero-order chi connectivity index (χ0) is 29.0. The van der Waals surface area contributed by atoms with E-state index in [9.17, 15) is 0 Å². The Morgan fingerprint density at radius 2 is 1.15 bits per heavy atom. The Balaban J connectivity index is 1.72. The van der Waals surface area contributed by atoms with Crippen LogP contribution in [0.3, 0.4) is 0 Å². The lowest BCUT2D eigenvalue weighted by Gasteiger charge is -2.37. The minimum Gasteiger partial charge on any atom is -0.247 e. The summed E-state index contributed by atoms with van der Waals surface area (Å²) in [5.74, 6) is 1.86. The number of unbranched alkanes of at least 4 members (excludes halogenated alkanes) is 14. The van der Waals surface area contributed by atoms with Crippen LogP contribution in [-0.4, -0.2) is 4.98 Å². The summed E-state index contributed by atoms with van der Waals surface area (Å²) < 4.78 is 2.56. The highest BCUT2D eigenvalue weighted by molar-refractivity contribution is 5.32. The molecule has 0 saturated heterocycles. The summed E-state index contributed by atoms with van der Waals surface area (Å²) in [6.45, 7) is 8.26. The molecule has 0 aliphatic heterocycles. The van der Waals surface area contributed by atoms with Gasteiger partial charge in [-0.1, -0.05) is 171 Å². The molecule has 226 valence electrons. The van der Waals surface area contributed by atoms with Crippen molar-refractivity contribution in [2.75, 3.05) is 0 Å². The third kappa shape index (κ3) is 11.4. The first-order valence-electron chi connectivity index (χ1n) is 17.3. The van der Waals surface area contributed by atoms with Crippen molar-refractivity contribution in [2.45, 2.75) is 154 Å². The zero-order valence-electron chi connectivity index (χ0n) is 26.9. The Labute approximate surface area is 253 Å². The first kappa shape index (κ1) is 33.2. The fourth-order valence-electron chi connectivity index (χ4n) is 6.79. The number of aromatic amines is 1. The van der Waals surface area contributed by atoms with Crippen molar-refractivity contribution in [1.29, 1.82) is 0 Å². The largest absolute Gasteiger partial charge is 0.258 e. The van der Waals surface area contributed by atoms with E-state index in [0.29, 0.717) is 5.92 Å². The Hall–Kier alpha value is -2.35. The molecule has 41 heavy (non-hydrogen) atoms. The van der Waals surface area contributed by atoms with Crippen LogP contribution in [-0.2, 0) is 18.4 Å². The molecular formula is C39H61N2+. The van der Waals surface area contributed by atoms with Crippen molar-refractivity contribution in [3.05, 3.63) is 90.0 Å². The summed E-state index contributed by atoms with van der Waals surface area (Å²) in [5, 5.41) is 0. The van der Waals surface area contributed by atoms with Gasteiger partial charge in [-0.25, -0.2) is 9.55 Å². The topological polar surface area (TPSA) is 19.7 Å². The molecule has 0 spiro atoms. The van der Waals surface area contributed by atoms with E-state index < -0.39 is 0 Å². The highest BCUT2D eigenvalue weighted by Gasteiger charge is 2.41. The van der Waals surface area contributed by atoms with Crippen LogP contribution in [0.15, 0.2) is 73.1 Å². The molecule has 0 fully saturated rings. The molecule has 1 heterocycles. The van der Waals surface area contributed by atoms with E-state index in [2.05, 4.69) is 103 Å². The summed E-state index contributed by atoms with van der Waals surface area (Å²) >= 11 is 0. The van der Waals surface area contributed by atoms with Gasteiger partial charge in [0.05, 0.1) is 12.5 Å². The number of nitrogens with one attached hydrogen (secondary N) is 1. The van der Waals surface area contributed by atoms with Gasteiger partial charge >= 0.3 is 0 Å². The number of hydrogen-bond donors (Lipinski definition) is 1. The van der Waals surface area contributed by atoms with Crippen LogP contribution in [0, 0.1) is 0 Å². The molecule has 2 nitrogen and oxygen atoms in total. The van der Waals surface area contributed by atoms with Gasteiger partial charge in [-0.05, 0) is 36.8 Å². The number of benzene rings is 2. The number of nitrogens with zero attached hydrogens (tertiary/aromatic N) is 1. The third-order valence-electron chi connectivity index (χ3n) is 9.34. The fourth-order valence-corrected chi connectivity index (χ4v) is 6.79. The van der Waals surface area contributed by atoms with Crippen molar-refractivity contribution in [2.24, 2.45) is 0 Å². The Morgan fingerprint density at radius 1 is 0.634 bits per heavy atom. The zero-order valence-corrected chi connectivity index (χ0v) is 26.9. The molecule has 0 amide bonds. The van der Waals surface area contributed by atoms with Crippen LogP contribution in [0.4, 0.5) is 0 Å². The summed E-state index contributed by atoms with van der Waals surface area (Å²) in [5.41, 5.74) is 2.90. The molecule has 2 heteroatoms. The summed E-state index contributed by atoms with van der Waals surface area (Å²) in [7, 11) is 0. The molecule has 1 aromatic heterocycles. The van der Waals surface area contributed by atoms with E-state index in [4.69, 9.17) is 0 Å². The minimum absolute atomic E-state index is 0.00984. The van der Waals surface area contributed by atoms with Gasteiger partial charge in [0.2, 0.25) is 0 Å². The number of rotatable bonds is 23. The van der Waals surface area contributed by atoms with E-state index in [1.807, 2.05) is 0 Å². The highest BCUT2D eigenvalue weighted by atomic mass is 15.1. The van der Waals surface area contributed by atoms with Gasteiger partial charge in [0, 0.05) is 5.41 Å². The number of aryl methyl sites for hydroxylation is 1.